The van der Waals surface area contributed by atoms with Crippen molar-refractivity contribution in [3.8, 4) is 17.6 Å². The zero-order chi connectivity index (χ0) is 11.3. The number of hydrogen-bond acceptors (Lipinski definition) is 3. The minimum absolute atomic E-state index is 0.0562. The molecule has 1 aromatic rings. The van der Waals surface area contributed by atoms with Gasteiger partial charge in [-0.3, -0.25) is 0 Å². The molecule has 0 spiro atoms. The molecule has 1 rings (SSSR count). The summed E-state index contributed by atoms with van der Waals surface area (Å²) >= 11 is 5.63. The second kappa shape index (κ2) is 5.28. The first-order valence-corrected chi connectivity index (χ1v) is 4.68. The number of rotatable bonds is 1. The zero-order valence-corrected chi connectivity index (χ0v) is 8.84. The highest BCUT2D eigenvalue weighted by atomic mass is 35.5. The quantitative estimate of drug-likeness (QED) is 0.586. The van der Waals surface area contributed by atoms with E-state index in [0.29, 0.717) is 10.6 Å². The van der Waals surface area contributed by atoms with Crippen LogP contribution in [0.15, 0.2) is 18.2 Å². The van der Waals surface area contributed by atoms with Gasteiger partial charge in [0.15, 0.2) is 0 Å². The molecule has 1 N–H and O–H groups in total. The maximum Gasteiger partial charge on any atom is 0.384 e. The predicted molar refractivity (Wildman–Crippen MR) is 56.6 cm³/mol. The van der Waals surface area contributed by atoms with Crippen LogP contribution in [0.1, 0.15) is 12.5 Å². The summed E-state index contributed by atoms with van der Waals surface area (Å²) < 4.78 is 4.61. The number of hydrogen-bond donors (Lipinski definition) is 1. The van der Waals surface area contributed by atoms with Gasteiger partial charge in [0.05, 0.1) is 12.2 Å². The monoisotopic (exact) mass is 224 g/mol. The van der Waals surface area contributed by atoms with Crippen molar-refractivity contribution in [2.45, 2.75) is 6.92 Å². The van der Waals surface area contributed by atoms with Crippen molar-refractivity contribution in [2.24, 2.45) is 0 Å². The van der Waals surface area contributed by atoms with Crippen LogP contribution in [-0.2, 0) is 9.53 Å². The summed E-state index contributed by atoms with van der Waals surface area (Å²) in [4.78, 5) is 10.9. The SMILES string of the molecule is CCOC(=O)C#Cc1ccc(Cl)cc1O. The van der Waals surface area contributed by atoms with Gasteiger partial charge in [0, 0.05) is 10.9 Å². The zero-order valence-electron chi connectivity index (χ0n) is 8.08. The second-order valence-corrected chi connectivity index (χ2v) is 3.07. The van der Waals surface area contributed by atoms with Crippen LogP contribution < -0.4 is 0 Å². The van der Waals surface area contributed by atoms with Crippen molar-refractivity contribution in [1.82, 2.24) is 0 Å². The van der Waals surface area contributed by atoms with Gasteiger partial charge < -0.3 is 9.84 Å². The van der Waals surface area contributed by atoms with Gasteiger partial charge in [-0.05, 0) is 25.1 Å². The van der Waals surface area contributed by atoms with Crippen LogP contribution in [0.25, 0.3) is 0 Å². The fourth-order valence-electron chi connectivity index (χ4n) is 0.896. The lowest BCUT2D eigenvalue weighted by molar-refractivity contribution is -0.136. The third kappa shape index (κ3) is 3.53. The third-order valence-electron chi connectivity index (χ3n) is 1.53. The van der Waals surface area contributed by atoms with Crippen molar-refractivity contribution in [3.05, 3.63) is 28.8 Å². The maximum atomic E-state index is 10.9. The van der Waals surface area contributed by atoms with E-state index in [1.54, 1.807) is 13.0 Å². The average Bonchev–Trinajstić information content (AvgIpc) is 2.17. The lowest BCUT2D eigenvalue weighted by Gasteiger charge is -1.96. The van der Waals surface area contributed by atoms with Crippen LogP contribution in [0, 0.1) is 11.8 Å². The van der Waals surface area contributed by atoms with E-state index in [1.807, 2.05) is 0 Å². The number of phenolic OH excluding ortho intramolecular Hbond substituents is 1. The summed E-state index contributed by atoms with van der Waals surface area (Å²) in [5, 5.41) is 9.81. The number of carbonyl (C=O) groups excluding carboxylic acids is 1. The van der Waals surface area contributed by atoms with Gasteiger partial charge in [0.2, 0.25) is 0 Å². The summed E-state index contributed by atoms with van der Waals surface area (Å²) in [6, 6.07) is 4.47. The molecule has 0 aliphatic rings. The molecule has 4 heteroatoms. The minimum Gasteiger partial charge on any atom is -0.507 e. The molecule has 0 heterocycles. The third-order valence-corrected chi connectivity index (χ3v) is 1.77. The van der Waals surface area contributed by atoms with Crippen LogP contribution in [0.3, 0.4) is 0 Å². The number of benzene rings is 1. The van der Waals surface area contributed by atoms with E-state index >= 15 is 0 Å². The number of halogens is 1. The number of phenols is 1. The van der Waals surface area contributed by atoms with Crippen LogP contribution in [0.2, 0.25) is 5.02 Å². The molecule has 0 aromatic heterocycles. The Morgan fingerprint density at radius 3 is 2.93 bits per heavy atom. The molecule has 0 aliphatic carbocycles. The van der Waals surface area contributed by atoms with Gasteiger partial charge in [-0.1, -0.05) is 17.5 Å². The Labute approximate surface area is 92.6 Å². The summed E-state index contributed by atoms with van der Waals surface area (Å²) in [5.74, 6) is 4.06. The normalized spacial score (nSPS) is 8.93. The Kier molecular flexibility index (Phi) is 4.02. The number of aromatic hydroxyl groups is 1. The topological polar surface area (TPSA) is 46.5 Å². The Balaban J connectivity index is 2.84. The van der Waals surface area contributed by atoms with Crippen LogP contribution >= 0.6 is 11.6 Å². The predicted octanol–water partition coefficient (Wildman–Crippen LogP) is 1.96. The molecule has 0 amide bonds. The van der Waals surface area contributed by atoms with E-state index in [9.17, 15) is 9.90 Å². The van der Waals surface area contributed by atoms with Crippen molar-refractivity contribution in [2.75, 3.05) is 6.61 Å². The fraction of sp³-hybridized carbons (Fsp3) is 0.182. The molecular weight excluding hydrogens is 216 g/mol. The van der Waals surface area contributed by atoms with Crippen molar-refractivity contribution < 1.29 is 14.6 Å². The van der Waals surface area contributed by atoms with Gasteiger partial charge in [0.1, 0.15) is 5.75 Å². The lowest BCUT2D eigenvalue weighted by Crippen LogP contribution is -1.99. The molecule has 0 radical (unpaired) electrons. The second-order valence-electron chi connectivity index (χ2n) is 2.63. The first-order valence-electron chi connectivity index (χ1n) is 4.30. The summed E-state index contributed by atoms with van der Waals surface area (Å²) in [7, 11) is 0. The molecule has 15 heavy (non-hydrogen) atoms. The van der Waals surface area contributed by atoms with Gasteiger partial charge >= 0.3 is 5.97 Å². The highest BCUT2D eigenvalue weighted by Crippen LogP contribution is 2.20. The van der Waals surface area contributed by atoms with E-state index < -0.39 is 5.97 Å². The molecule has 0 aliphatic heterocycles. The summed E-state index contributed by atoms with van der Waals surface area (Å²) in [6.07, 6.45) is 0. The number of ether oxygens (including phenoxy) is 1. The summed E-state index contributed by atoms with van der Waals surface area (Å²) in [5.41, 5.74) is 0.340. The van der Waals surface area contributed by atoms with E-state index in [0.717, 1.165) is 0 Å². The molecule has 1 aromatic carbocycles. The molecule has 0 bridgehead atoms. The van der Waals surface area contributed by atoms with E-state index in [4.69, 9.17) is 11.6 Å². The van der Waals surface area contributed by atoms with Crippen LogP contribution in [-0.4, -0.2) is 17.7 Å². The van der Waals surface area contributed by atoms with E-state index in [1.165, 1.54) is 12.1 Å². The van der Waals surface area contributed by atoms with E-state index in [2.05, 4.69) is 16.6 Å². The molecule has 0 fully saturated rings. The minimum atomic E-state index is -0.619. The molecule has 0 saturated heterocycles. The Morgan fingerprint density at radius 1 is 1.60 bits per heavy atom. The first kappa shape index (κ1) is 11.4. The molecule has 0 atom stereocenters. The standard InChI is InChI=1S/C11H9ClO3/c1-2-15-11(14)6-4-8-3-5-9(12)7-10(8)13/h3,5,7,13H,2H2,1H3. The van der Waals surface area contributed by atoms with Crippen molar-refractivity contribution in [3.63, 3.8) is 0 Å². The van der Waals surface area contributed by atoms with E-state index in [-0.39, 0.29) is 12.4 Å². The lowest BCUT2D eigenvalue weighted by atomic mass is 10.2. The molecule has 3 nitrogen and oxygen atoms in total. The van der Waals surface area contributed by atoms with Gasteiger partial charge in [-0.15, -0.1) is 0 Å². The van der Waals surface area contributed by atoms with Crippen LogP contribution in [0.4, 0.5) is 0 Å². The maximum absolute atomic E-state index is 10.9. The van der Waals surface area contributed by atoms with Gasteiger partial charge in [0.25, 0.3) is 0 Å². The number of carbonyl (C=O) groups is 1. The highest BCUT2D eigenvalue weighted by molar-refractivity contribution is 6.30. The molecule has 78 valence electrons. The van der Waals surface area contributed by atoms with Crippen LogP contribution in [0.5, 0.6) is 5.75 Å². The largest absolute Gasteiger partial charge is 0.507 e. The molecule has 0 unspecified atom stereocenters. The smallest absolute Gasteiger partial charge is 0.384 e. The number of esters is 1. The Bertz CT molecular complexity index is 429. The molecule has 0 saturated carbocycles. The van der Waals surface area contributed by atoms with Gasteiger partial charge in [-0.2, -0.15) is 0 Å². The first-order chi connectivity index (χ1) is 7.13. The Hall–Kier alpha value is -1.66. The summed E-state index contributed by atoms with van der Waals surface area (Å²) in [6.45, 7) is 1.97. The van der Waals surface area contributed by atoms with Gasteiger partial charge in [-0.25, -0.2) is 4.79 Å². The highest BCUT2D eigenvalue weighted by Gasteiger charge is 1.99. The fourth-order valence-corrected chi connectivity index (χ4v) is 1.06. The average molecular weight is 225 g/mol. The molecular formula is C11H9ClO3. The van der Waals surface area contributed by atoms with Crippen molar-refractivity contribution >= 4 is 17.6 Å². The van der Waals surface area contributed by atoms with Crippen molar-refractivity contribution in [1.29, 1.82) is 0 Å². The Morgan fingerprint density at radius 2 is 2.33 bits per heavy atom.